The predicted molar refractivity (Wildman–Crippen MR) is 150 cm³/mol. The first-order chi connectivity index (χ1) is 18.2. The molecule has 0 saturated carbocycles. The van der Waals surface area contributed by atoms with E-state index in [4.69, 9.17) is 9.47 Å². The Labute approximate surface area is 225 Å². The third kappa shape index (κ3) is 5.38. The van der Waals surface area contributed by atoms with Gasteiger partial charge in [0.2, 0.25) is 0 Å². The van der Waals surface area contributed by atoms with Crippen LogP contribution in [0.2, 0.25) is 0 Å². The molecule has 2 aromatic carbocycles. The van der Waals surface area contributed by atoms with E-state index < -0.39 is 35.2 Å². The fraction of sp³-hybridized carbons (Fsp3) is 0.364. The van der Waals surface area contributed by atoms with Crippen molar-refractivity contribution in [1.82, 2.24) is 0 Å². The van der Waals surface area contributed by atoms with Gasteiger partial charge in [-0.2, -0.15) is 0 Å². The molecular formula is C33H38O5. The van der Waals surface area contributed by atoms with E-state index in [0.29, 0.717) is 11.1 Å². The molecule has 0 radical (unpaired) electrons. The highest BCUT2D eigenvalue weighted by Gasteiger charge is 2.56. The summed E-state index contributed by atoms with van der Waals surface area (Å²) in [6.07, 6.45) is 11.3. The largest absolute Gasteiger partial charge is 0.386 e. The fourth-order valence-electron chi connectivity index (χ4n) is 5.71. The van der Waals surface area contributed by atoms with Crippen LogP contribution in [0.1, 0.15) is 50.7 Å². The minimum absolute atomic E-state index is 0.221. The van der Waals surface area contributed by atoms with Gasteiger partial charge in [0.1, 0.15) is 23.4 Å². The maximum Gasteiger partial charge on any atom is 0.154 e. The summed E-state index contributed by atoms with van der Waals surface area (Å²) in [5, 5.41) is 22.9. The van der Waals surface area contributed by atoms with E-state index in [-0.39, 0.29) is 18.0 Å². The van der Waals surface area contributed by atoms with Crippen LogP contribution in [0.3, 0.4) is 0 Å². The molecule has 0 saturated heterocycles. The van der Waals surface area contributed by atoms with Crippen LogP contribution in [-0.4, -0.2) is 51.6 Å². The van der Waals surface area contributed by atoms with Crippen LogP contribution in [0.5, 0.6) is 0 Å². The number of aliphatic hydroxyl groups excluding tert-OH is 2. The molecule has 0 aliphatic heterocycles. The Kier molecular flexibility index (Phi) is 8.64. The molecule has 2 aliphatic rings. The summed E-state index contributed by atoms with van der Waals surface area (Å²) >= 11 is 0. The number of carbonyl (C=O) groups is 1. The lowest BCUT2D eigenvalue weighted by Crippen LogP contribution is -2.58. The second kappa shape index (κ2) is 11.7. The van der Waals surface area contributed by atoms with Crippen LogP contribution >= 0.6 is 0 Å². The minimum Gasteiger partial charge on any atom is -0.386 e. The van der Waals surface area contributed by atoms with Gasteiger partial charge in [0.25, 0.3) is 0 Å². The fourth-order valence-corrected chi connectivity index (χ4v) is 5.71. The van der Waals surface area contributed by atoms with Crippen LogP contribution in [0.25, 0.3) is 0 Å². The molecule has 0 fully saturated rings. The Balaban J connectivity index is 1.99. The second-order valence-corrected chi connectivity index (χ2v) is 10.5. The third-order valence-corrected chi connectivity index (χ3v) is 7.06. The Morgan fingerprint density at radius 2 is 1.03 bits per heavy atom. The first kappa shape index (κ1) is 27.9. The van der Waals surface area contributed by atoms with Crippen molar-refractivity contribution in [2.75, 3.05) is 0 Å². The highest BCUT2D eigenvalue weighted by Crippen LogP contribution is 2.48. The normalized spacial score (nSPS) is 28.1. The van der Waals surface area contributed by atoms with E-state index in [1.54, 1.807) is 36.5 Å². The zero-order valence-corrected chi connectivity index (χ0v) is 22.5. The van der Waals surface area contributed by atoms with E-state index in [1.165, 1.54) is 0 Å². The van der Waals surface area contributed by atoms with Gasteiger partial charge < -0.3 is 19.7 Å². The van der Waals surface area contributed by atoms with Crippen molar-refractivity contribution < 1.29 is 24.5 Å². The molecule has 2 aromatic rings. The van der Waals surface area contributed by atoms with Crippen LogP contribution in [0.4, 0.5) is 0 Å². The van der Waals surface area contributed by atoms with Gasteiger partial charge in [-0.15, -0.1) is 0 Å². The van der Waals surface area contributed by atoms with Gasteiger partial charge in [-0.3, -0.25) is 4.79 Å². The highest BCUT2D eigenvalue weighted by atomic mass is 16.5. The van der Waals surface area contributed by atoms with E-state index in [2.05, 4.69) is 0 Å². The van der Waals surface area contributed by atoms with Crippen LogP contribution in [-0.2, 0) is 14.3 Å². The summed E-state index contributed by atoms with van der Waals surface area (Å²) in [6.45, 7) is 7.57. The average molecular weight is 515 g/mol. The van der Waals surface area contributed by atoms with E-state index >= 15 is 4.79 Å². The van der Waals surface area contributed by atoms with Gasteiger partial charge in [-0.25, -0.2) is 0 Å². The number of carbonyl (C=O) groups excluding carboxylic acids is 1. The molecule has 6 atom stereocenters. The summed E-state index contributed by atoms with van der Waals surface area (Å²) in [6, 6.07) is 18.8. The minimum atomic E-state index is -1.37. The molecule has 5 heteroatoms. The number of allylic oxidation sites excluding steroid dienone is 4. The van der Waals surface area contributed by atoms with Gasteiger partial charge in [0.05, 0.1) is 24.0 Å². The van der Waals surface area contributed by atoms with E-state index in [1.807, 2.05) is 101 Å². The number of hydrogen-bond acceptors (Lipinski definition) is 5. The summed E-state index contributed by atoms with van der Waals surface area (Å²) in [4.78, 5) is 15.2. The Morgan fingerprint density at radius 1 is 0.658 bits per heavy atom. The van der Waals surface area contributed by atoms with E-state index in [0.717, 1.165) is 0 Å². The second-order valence-electron chi connectivity index (χ2n) is 10.5. The zero-order chi connectivity index (χ0) is 27.3. The lowest BCUT2D eigenvalue weighted by Gasteiger charge is -2.48. The summed E-state index contributed by atoms with van der Waals surface area (Å²) in [5.41, 5.74) is -1.32. The maximum absolute atomic E-state index is 15.2. The lowest BCUT2D eigenvalue weighted by molar-refractivity contribution is -0.159. The number of ether oxygens (including phenoxy) is 2. The standard InChI is InChI=1S/C33H38O5/c1-23(2)37-32(21-13-11-19-27(32)34)29(25-15-7-5-8-16-25)31(36)30(26-17-9-6-10-18-26)33(38-24(3)4)22-14-12-20-28(33)35/h5-24,27-30,34-35H,1-4H3. The molecule has 38 heavy (non-hydrogen) atoms. The molecular weight excluding hydrogens is 476 g/mol. The van der Waals surface area contributed by atoms with Crippen molar-refractivity contribution in [3.05, 3.63) is 120 Å². The topological polar surface area (TPSA) is 76.0 Å². The number of rotatable bonds is 10. The van der Waals surface area contributed by atoms with Gasteiger partial charge in [-0.05, 0) is 51.0 Å². The zero-order valence-electron chi connectivity index (χ0n) is 22.5. The predicted octanol–water partition coefficient (Wildman–Crippen LogP) is 5.42. The molecule has 200 valence electrons. The molecule has 0 spiro atoms. The molecule has 0 bridgehead atoms. The molecule has 5 nitrogen and oxygen atoms in total. The Hall–Kier alpha value is -3.09. The summed E-state index contributed by atoms with van der Waals surface area (Å²) in [5.74, 6) is -2.04. The maximum atomic E-state index is 15.2. The van der Waals surface area contributed by atoms with Gasteiger partial charge in [-0.1, -0.05) is 97.1 Å². The number of Topliss-reactive ketones (excluding diaryl/α,β-unsaturated/α-hetero) is 1. The molecule has 0 heterocycles. The van der Waals surface area contributed by atoms with Crippen LogP contribution in [0, 0.1) is 0 Å². The number of ketones is 1. The summed E-state index contributed by atoms with van der Waals surface area (Å²) in [7, 11) is 0. The van der Waals surface area contributed by atoms with Gasteiger partial charge in [0.15, 0.2) is 5.78 Å². The molecule has 4 rings (SSSR count). The number of benzene rings is 2. The van der Waals surface area contributed by atoms with Crippen molar-refractivity contribution in [1.29, 1.82) is 0 Å². The highest BCUT2D eigenvalue weighted by molar-refractivity contribution is 5.95. The van der Waals surface area contributed by atoms with Crippen molar-refractivity contribution in [3.63, 3.8) is 0 Å². The smallest absolute Gasteiger partial charge is 0.154 e. The number of aliphatic hydroxyl groups is 2. The number of hydrogen-bond donors (Lipinski definition) is 2. The SMILES string of the molecule is CC(C)OC1(C(C(=O)C(c2ccccc2)C2(OC(C)C)C=CC=CC2O)c2ccccc2)C=CC=CC1O. The van der Waals surface area contributed by atoms with Crippen molar-refractivity contribution >= 4 is 5.78 Å². The van der Waals surface area contributed by atoms with Crippen molar-refractivity contribution in [2.24, 2.45) is 0 Å². The first-order valence-corrected chi connectivity index (χ1v) is 13.3. The van der Waals surface area contributed by atoms with Crippen molar-refractivity contribution in [2.45, 2.75) is 75.1 Å². The molecule has 2 aliphatic carbocycles. The van der Waals surface area contributed by atoms with Crippen LogP contribution < -0.4 is 0 Å². The molecule has 0 aromatic heterocycles. The first-order valence-electron chi connectivity index (χ1n) is 13.3. The molecule has 6 unspecified atom stereocenters. The van der Waals surface area contributed by atoms with Gasteiger partial charge >= 0.3 is 0 Å². The quantitative estimate of drug-likeness (QED) is 0.443. The Bertz CT molecular complexity index is 1100. The van der Waals surface area contributed by atoms with Crippen molar-refractivity contribution in [3.8, 4) is 0 Å². The van der Waals surface area contributed by atoms with Crippen LogP contribution in [0.15, 0.2) is 109 Å². The third-order valence-electron chi connectivity index (χ3n) is 7.06. The monoisotopic (exact) mass is 514 g/mol. The van der Waals surface area contributed by atoms with Gasteiger partial charge in [0, 0.05) is 0 Å². The summed E-state index contributed by atoms with van der Waals surface area (Å²) < 4.78 is 13.0. The average Bonchev–Trinajstić information content (AvgIpc) is 2.88. The molecule has 2 N–H and O–H groups in total. The van der Waals surface area contributed by atoms with E-state index in [9.17, 15) is 10.2 Å². The Morgan fingerprint density at radius 3 is 1.34 bits per heavy atom. The lowest BCUT2D eigenvalue weighted by atomic mass is 9.65. The molecule has 0 amide bonds.